The zero-order valence-electron chi connectivity index (χ0n) is 9.04. The number of fused-ring (bicyclic) bond motifs is 1. The Balaban J connectivity index is 2.07. The van der Waals surface area contributed by atoms with Crippen LogP contribution in [0.4, 0.5) is 4.79 Å². The normalized spacial score (nSPS) is 32.8. The highest BCUT2D eigenvalue weighted by molar-refractivity contribution is 8.15. The van der Waals surface area contributed by atoms with Crippen molar-refractivity contribution in [1.82, 2.24) is 0 Å². The molecular formula is C11H17NOS. The average molecular weight is 211 g/mol. The Morgan fingerprint density at radius 3 is 2.79 bits per heavy atom. The number of hydrogen-bond acceptors (Lipinski definition) is 2. The van der Waals surface area contributed by atoms with Crippen molar-refractivity contribution in [3.63, 3.8) is 0 Å². The van der Waals surface area contributed by atoms with Gasteiger partial charge in [0.25, 0.3) is 0 Å². The van der Waals surface area contributed by atoms with Gasteiger partial charge in [0, 0.05) is 5.71 Å². The van der Waals surface area contributed by atoms with Crippen LogP contribution in [0.15, 0.2) is 4.99 Å². The highest BCUT2D eigenvalue weighted by atomic mass is 32.2. The first-order valence-corrected chi connectivity index (χ1v) is 6.13. The van der Waals surface area contributed by atoms with Gasteiger partial charge in [-0.3, -0.25) is 4.79 Å². The Hall–Kier alpha value is -0.310. The molecule has 0 bridgehead atoms. The van der Waals surface area contributed by atoms with E-state index in [9.17, 15) is 4.79 Å². The fourth-order valence-corrected chi connectivity index (χ4v) is 3.34. The van der Waals surface area contributed by atoms with Gasteiger partial charge < -0.3 is 0 Å². The van der Waals surface area contributed by atoms with Crippen LogP contribution >= 0.6 is 11.8 Å². The van der Waals surface area contributed by atoms with Gasteiger partial charge in [-0.05, 0) is 30.6 Å². The van der Waals surface area contributed by atoms with E-state index in [0.29, 0.717) is 10.7 Å². The van der Waals surface area contributed by atoms with Gasteiger partial charge in [-0.15, -0.1) is 0 Å². The first kappa shape index (κ1) is 10.2. The summed E-state index contributed by atoms with van der Waals surface area (Å²) < 4.78 is 0. The smallest absolute Gasteiger partial charge is 0.259 e. The standard InChI is InChI=1S/C11H17NOS/c1-11(2,3)7-4-5-8-9(6-7)14-10(13)12-8/h7,9H,4-6H2,1-3H3. The van der Waals surface area contributed by atoms with Crippen LogP contribution < -0.4 is 0 Å². The van der Waals surface area contributed by atoms with Crippen LogP contribution in [0.3, 0.4) is 0 Å². The van der Waals surface area contributed by atoms with Crippen molar-refractivity contribution < 1.29 is 4.79 Å². The monoisotopic (exact) mass is 211 g/mol. The topological polar surface area (TPSA) is 29.4 Å². The van der Waals surface area contributed by atoms with Crippen molar-refractivity contribution >= 4 is 22.7 Å². The number of carbonyl (C=O) groups is 1. The fraction of sp³-hybridized carbons (Fsp3) is 0.818. The lowest BCUT2D eigenvalue weighted by atomic mass is 9.72. The van der Waals surface area contributed by atoms with Gasteiger partial charge in [0.15, 0.2) is 0 Å². The molecule has 2 aliphatic rings. The third kappa shape index (κ3) is 1.88. The predicted octanol–water partition coefficient (Wildman–Crippen LogP) is 3.51. The Morgan fingerprint density at radius 1 is 1.43 bits per heavy atom. The second-order valence-electron chi connectivity index (χ2n) is 5.31. The Morgan fingerprint density at radius 2 is 2.14 bits per heavy atom. The highest BCUT2D eigenvalue weighted by Gasteiger charge is 2.38. The van der Waals surface area contributed by atoms with E-state index in [-0.39, 0.29) is 5.24 Å². The highest BCUT2D eigenvalue weighted by Crippen LogP contribution is 2.42. The minimum Gasteiger partial charge on any atom is -0.259 e. The van der Waals surface area contributed by atoms with Crippen molar-refractivity contribution in [2.45, 2.75) is 45.3 Å². The predicted molar refractivity (Wildman–Crippen MR) is 61.0 cm³/mol. The van der Waals surface area contributed by atoms with Gasteiger partial charge in [-0.2, -0.15) is 0 Å². The van der Waals surface area contributed by atoms with E-state index >= 15 is 0 Å². The molecule has 2 rings (SSSR count). The zero-order valence-corrected chi connectivity index (χ0v) is 9.86. The van der Waals surface area contributed by atoms with Crippen LogP contribution in [0.5, 0.6) is 0 Å². The van der Waals surface area contributed by atoms with E-state index in [4.69, 9.17) is 0 Å². The van der Waals surface area contributed by atoms with Gasteiger partial charge in [0.05, 0.1) is 5.25 Å². The lowest BCUT2D eigenvalue weighted by molar-refractivity contribution is 0.211. The number of rotatable bonds is 0. The third-order valence-corrected chi connectivity index (χ3v) is 4.36. The van der Waals surface area contributed by atoms with Crippen LogP contribution in [0.25, 0.3) is 0 Å². The Labute approximate surface area is 89.6 Å². The van der Waals surface area contributed by atoms with Gasteiger partial charge >= 0.3 is 5.24 Å². The third-order valence-electron chi connectivity index (χ3n) is 3.32. The number of nitrogens with zero attached hydrogens (tertiary/aromatic N) is 1. The quantitative estimate of drug-likeness (QED) is 0.613. The second kappa shape index (κ2) is 3.37. The Kier molecular flexibility index (Phi) is 2.46. The molecule has 1 aliphatic heterocycles. The molecule has 14 heavy (non-hydrogen) atoms. The SMILES string of the molecule is CC(C)(C)C1CCC2=NC(=O)SC2C1. The Bertz CT molecular complexity index is 290. The van der Waals surface area contributed by atoms with Crippen LogP contribution in [0.2, 0.25) is 0 Å². The molecular weight excluding hydrogens is 194 g/mol. The number of aliphatic imine (C=N–C) groups is 1. The zero-order chi connectivity index (χ0) is 10.3. The largest absolute Gasteiger partial charge is 0.305 e. The maximum absolute atomic E-state index is 11.1. The molecule has 2 atom stereocenters. The summed E-state index contributed by atoms with van der Waals surface area (Å²) in [5.74, 6) is 0.741. The molecule has 1 aliphatic carbocycles. The molecule has 0 aromatic rings. The summed E-state index contributed by atoms with van der Waals surface area (Å²) in [4.78, 5) is 15.2. The number of carbonyl (C=O) groups excluding carboxylic acids is 1. The molecule has 0 radical (unpaired) electrons. The lowest BCUT2D eigenvalue weighted by Gasteiger charge is -2.36. The summed E-state index contributed by atoms with van der Waals surface area (Å²) in [6.45, 7) is 6.88. The molecule has 0 aromatic heterocycles. The summed E-state index contributed by atoms with van der Waals surface area (Å²) >= 11 is 1.43. The molecule has 1 amide bonds. The van der Waals surface area contributed by atoms with Gasteiger partial charge in [0.1, 0.15) is 0 Å². The van der Waals surface area contributed by atoms with E-state index in [2.05, 4.69) is 25.8 Å². The minimum absolute atomic E-state index is 0.0274. The average Bonchev–Trinajstić information content (AvgIpc) is 2.41. The molecule has 1 heterocycles. The number of thioether (sulfide) groups is 1. The van der Waals surface area contributed by atoms with Gasteiger partial charge in [-0.25, -0.2) is 4.99 Å². The first-order valence-electron chi connectivity index (χ1n) is 5.25. The molecule has 1 fully saturated rings. The molecule has 2 nitrogen and oxygen atoms in total. The summed E-state index contributed by atoms with van der Waals surface area (Å²) in [7, 11) is 0. The summed E-state index contributed by atoms with van der Waals surface area (Å²) in [6.07, 6.45) is 3.37. The molecule has 0 spiro atoms. The lowest BCUT2D eigenvalue weighted by Crippen LogP contribution is -2.32. The maximum Gasteiger partial charge on any atom is 0.305 e. The first-order chi connectivity index (χ1) is 6.47. The summed E-state index contributed by atoms with van der Waals surface area (Å²) in [6, 6.07) is 0. The van der Waals surface area contributed by atoms with Crippen molar-refractivity contribution in [2.75, 3.05) is 0 Å². The maximum atomic E-state index is 11.1. The summed E-state index contributed by atoms with van der Waals surface area (Å²) in [5, 5.41) is 0.431. The number of amides is 1. The molecule has 3 heteroatoms. The van der Waals surface area contributed by atoms with Crippen LogP contribution in [0, 0.1) is 11.3 Å². The molecule has 78 valence electrons. The van der Waals surface area contributed by atoms with Crippen molar-refractivity contribution in [1.29, 1.82) is 0 Å². The van der Waals surface area contributed by atoms with Gasteiger partial charge in [0.2, 0.25) is 0 Å². The molecule has 0 saturated heterocycles. The minimum atomic E-state index is 0.0274. The van der Waals surface area contributed by atoms with Crippen molar-refractivity contribution in [3.8, 4) is 0 Å². The van der Waals surface area contributed by atoms with E-state index < -0.39 is 0 Å². The molecule has 0 N–H and O–H groups in total. The van der Waals surface area contributed by atoms with Crippen molar-refractivity contribution in [3.05, 3.63) is 0 Å². The van der Waals surface area contributed by atoms with Crippen LogP contribution in [-0.2, 0) is 0 Å². The van der Waals surface area contributed by atoms with Crippen LogP contribution in [-0.4, -0.2) is 16.2 Å². The van der Waals surface area contributed by atoms with Crippen molar-refractivity contribution in [2.24, 2.45) is 16.3 Å². The molecule has 2 unspecified atom stereocenters. The van der Waals surface area contributed by atoms with E-state index in [1.807, 2.05) is 0 Å². The second-order valence-corrected chi connectivity index (χ2v) is 6.47. The summed E-state index contributed by atoms with van der Waals surface area (Å²) in [5.41, 5.74) is 1.53. The molecule has 0 aromatic carbocycles. The van der Waals surface area contributed by atoms with E-state index in [1.54, 1.807) is 0 Å². The molecule has 1 saturated carbocycles. The van der Waals surface area contributed by atoms with E-state index in [1.165, 1.54) is 18.2 Å². The number of hydrogen-bond donors (Lipinski definition) is 0. The van der Waals surface area contributed by atoms with E-state index in [0.717, 1.165) is 24.5 Å². The van der Waals surface area contributed by atoms with Crippen LogP contribution in [0.1, 0.15) is 40.0 Å². The fourth-order valence-electron chi connectivity index (χ4n) is 2.29. The van der Waals surface area contributed by atoms with Gasteiger partial charge in [-0.1, -0.05) is 32.5 Å².